The molecule has 3 nitrogen and oxygen atoms in total. The van der Waals surface area contributed by atoms with Crippen LogP contribution in [0.25, 0.3) is 10.9 Å². The number of nitrogens with zero attached hydrogens (tertiary/aromatic N) is 1. The van der Waals surface area contributed by atoms with Gasteiger partial charge in [0.2, 0.25) is 0 Å². The number of hydrogen-bond acceptors (Lipinski definition) is 3. The lowest BCUT2D eigenvalue weighted by atomic mass is 10.1. The highest BCUT2D eigenvalue weighted by Crippen LogP contribution is 2.26. The summed E-state index contributed by atoms with van der Waals surface area (Å²) in [5.41, 5.74) is 1.25. The van der Waals surface area contributed by atoms with E-state index in [0.29, 0.717) is 21.9 Å². The lowest BCUT2D eigenvalue weighted by molar-refractivity contribution is 0.112. The molecular formula is C11H8ClNO2. The van der Waals surface area contributed by atoms with E-state index in [-0.39, 0.29) is 0 Å². The molecule has 0 atom stereocenters. The van der Waals surface area contributed by atoms with E-state index in [1.807, 2.05) is 0 Å². The predicted octanol–water partition coefficient (Wildman–Crippen LogP) is 2.71. The van der Waals surface area contributed by atoms with Crippen LogP contribution in [0.4, 0.5) is 0 Å². The van der Waals surface area contributed by atoms with Crippen LogP contribution in [0.2, 0.25) is 5.02 Å². The summed E-state index contributed by atoms with van der Waals surface area (Å²) in [5.74, 6) is 0.575. The van der Waals surface area contributed by atoms with Crippen LogP contribution >= 0.6 is 11.6 Å². The van der Waals surface area contributed by atoms with Crippen molar-refractivity contribution in [2.75, 3.05) is 7.11 Å². The summed E-state index contributed by atoms with van der Waals surface area (Å²) in [4.78, 5) is 14.8. The number of pyridine rings is 1. The molecule has 0 saturated carbocycles. The normalized spacial score (nSPS) is 10.3. The van der Waals surface area contributed by atoms with Gasteiger partial charge in [-0.15, -0.1) is 0 Å². The van der Waals surface area contributed by atoms with Crippen LogP contribution in [0.3, 0.4) is 0 Å². The van der Waals surface area contributed by atoms with E-state index in [4.69, 9.17) is 16.3 Å². The minimum atomic E-state index is 0.535. The SMILES string of the molecule is COc1cc(C=O)cc2cc(Cl)cnc12. The fourth-order valence-corrected chi connectivity index (χ4v) is 1.60. The second kappa shape index (κ2) is 3.87. The number of benzene rings is 1. The summed E-state index contributed by atoms with van der Waals surface area (Å²) in [7, 11) is 1.54. The first-order valence-corrected chi connectivity index (χ1v) is 4.71. The quantitative estimate of drug-likeness (QED) is 0.732. The lowest BCUT2D eigenvalue weighted by Crippen LogP contribution is -1.90. The summed E-state index contributed by atoms with van der Waals surface area (Å²) >= 11 is 5.82. The number of carbonyl (C=O) groups excluding carboxylic acids is 1. The molecular weight excluding hydrogens is 214 g/mol. The van der Waals surface area contributed by atoms with Gasteiger partial charge in [0.05, 0.1) is 12.1 Å². The summed E-state index contributed by atoms with van der Waals surface area (Å²) < 4.78 is 5.15. The van der Waals surface area contributed by atoms with E-state index < -0.39 is 0 Å². The van der Waals surface area contributed by atoms with Crippen LogP contribution < -0.4 is 4.74 Å². The highest BCUT2D eigenvalue weighted by Gasteiger charge is 2.05. The Kier molecular flexibility index (Phi) is 2.56. The molecule has 4 heteroatoms. The van der Waals surface area contributed by atoms with Gasteiger partial charge < -0.3 is 4.74 Å². The molecule has 2 rings (SSSR count). The first-order valence-electron chi connectivity index (χ1n) is 4.33. The number of methoxy groups -OCH3 is 1. The van der Waals surface area contributed by atoms with Crippen molar-refractivity contribution in [1.29, 1.82) is 0 Å². The average Bonchev–Trinajstić information content (AvgIpc) is 2.26. The van der Waals surface area contributed by atoms with Crippen LogP contribution in [-0.2, 0) is 0 Å². The molecule has 0 bridgehead atoms. The fourth-order valence-electron chi connectivity index (χ4n) is 1.44. The Morgan fingerprint density at radius 3 is 2.87 bits per heavy atom. The average molecular weight is 222 g/mol. The van der Waals surface area contributed by atoms with Gasteiger partial charge in [0, 0.05) is 17.1 Å². The van der Waals surface area contributed by atoms with Crippen LogP contribution in [-0.4, -0.2) is 18.4 Å². The smallest absolute Gasteiger partial charge is 0.150 e. The Morgan fingerprint density at radius 1 is 1.40 bits per heavy atom. The Bertz CT molecular complexity index is 525. The third-order valence-electron chi connectivity index (χ3n) is 2.09. The number of carbonyl (C=O) groups is 1. The zero-order valence-electron chi connectivity index (χ0n) is 8.03. The monoisotopic (exact) mass is 221 g/mol. The highest BCUT2D eigenvalue weighted by molar-refractivity contribution is 6.31. The number of halogens is 1. The summed E-state index contributed by atoms with van der Waals surface area (Å²) in [6.07, 6.45) is 2.32. The van der Waals surface area contributed by atoms with Crippen molar-refractivity contribution < 1.29 is 9.53 Å². The van der Waals surface area contributed by atoms with Crippen LogP contribution in [0, 0.1) is 0 Å². The second-order valence-electron chi connectivity index (χ2n) is 3.07. The van der Waals surface area contributed by atoms with Gasteiger partial charge in [-0.2, -0.15) is 0 Å². The Balaban J connectivity index is 2.80. The van der Waals surface area contributed by atoms with Crippen molar-refractivity contribution >= 4 is 28.8 Å². The number of aromatic nitrogens is 1. The van der Waals surface area contributed by atoms with E-state index in [0.717, 1.165) is 11.7 Å². The van der Waals surface area contributed by atoms with Crippen molar-refractivity contribution in [3.8, 4) is 5.75 Å². The molecule has 2 aromatic rings. The molecule has 0 unspecified atom stereocenters. The van der Waals surface area contributed by atoms with Crippen LogP contribution in [0.5, 0.6) is 5.75 Å². The zero-order valence-corrected chi connectivity index (χ0v) is 8.78. The molecule has 76 valence electrons. The highest BCUT2D eigenvalue weighted by atomic mass is 35.5. The summed E-state index contributed by atoms with van der Waals surface area (Å²) in [5, 5.41) is 1.33. The Morgan fingerprint density at radius 2 is 2.20 bits per heavy atom. The molecule has 0 fully saturated rings. The standard InChI is InChI=1S/C11H8ClNO2/c1-15-10-3-7(6-14)2-8-4-9(12)5-13-11(8)10/h2-6H,1H3. The first kappa shape index (κ1) is 9.93. The molecule has 0 radical (unpaired) electrons. The van der Waals surface area contributed by atoms with Crippen molar-refractivity contribution in [2.24, 2.45) is 0 Å². The minimum Gasteiger partial charge on any atom is -0.494 e. The largest absolute Gasteiger partial charge is 0.494 e. The molecule has 0 aliphatic carbocycles. The van der Waals surface area contributed by atoms with Crippen molar-refractivity contribution in [3.63, 3.8) is 0 Å². The molecule has 15 heavy (non-hydrogen) atoms. The summed E-state index contributed by atoms with van der Waals surface area (Å²) in [6, 6.07) is 5.12. The van der Waals surface area contributed by atoms with Gasteiger partial charge in [0.25, 0.3) is 0 Å². The maximum absolute atomic E-state index is 10.7. The predicted molar refractivity (Wildman–Crippen MR) is 58.7 cm³/mol. The molecule has 1 aromatic carbocycles. The molecule has 0 saturated heterocycles. The van der Waals surface area contributed by atoms with Gasteiger partial charge in [-0.1, -0.05) is 11.6 Å². The molecule has 1 aromatic heterocycles. The topological polar surface area (TPSA) is 39.2 Å². The molecule has 0 spiro atoms. The summed E-state index contributed by atoms with van der Waals surface area (Å²) in [6.45, 7) is 0. The molecule has 0 aliphatic heterocycles. The molecule has 0 N–H and O–H groups in total. The van der Waals surface area contributed by atoms with Gasteiger partial charge in [-0.25, -0.2) is 0 Å². The number of fused-ring (bicyclic) bond motifs is 1. The van der Waals surface area contributed by atoms with Gasteiger partial charge in [-0.05, 0) is 18.2 Å². The Labute approximate surface area is 91.6 Å². The lowest BCUT2D eigenvalue weighted by Gasteiger charge is -2.05. The molecule has 1 heterocycles. The molecule has 0 amide bonds. The van der Waals surface area contributed by atoms with Gasteiger partial charge >= 0.3 is 0 Å². The van der Waals surface area contributed by atoms with Gasteiger partial charge in [-0.3, -0.25) is 9.78 Å². The van der Waals surface area contributed by atoms with Crippen molar-refractivity contribution in [3.05, 3.63) is 35.0 Å². The third-order valence-corrected chi connectivity index (χ3v) is 2.30. The van der Waals surface area contributed by atoms with E-state index in [2.05, 4.69) is 4.98 Å². The van der Waals surface area contributed by atoms with E-state index in [1.54, 1.807) is 31.5 Å². The van der Waals surface area contributed by atoms with Crippen molar-refractivity contribution in [2.45, 2.75) is 0 Å². The Hall–Kier alpha value is -1.61. The number of rotatable bonds is 2. The van der Waals surface area contributed by atoms with Crippen LogP contribution in [0.1, 0.15) is 10.4 Å². The maximum Gasteiger partial charge on any atom is 0.150 e. The van der Waals surface area contributed by atoms with E-state index in [9.17, 15) is 4.79 Å². The number of hydrogen-bond donors (Lipinski definition) is 0. The number of ether oxygens (including phenoxy) is 1. The van der Waals surface area contributed by atoms with E-state index >= 15 is 0 Å². The van der Waals surface area contributed by atoms with Gasteiger partial charge in [0.15, 0.2) is 0 Å². The third kappa shape index (κ3) is 1.78. The second-order valence-corrected chi connectivity index (χ2v) is 3.50. The maximum atomic E-state index is 10.7. The minimum absolute atomic E-state index is 0.535. The number of aldehydes is 1. The van der Waals surface area contributed by atoms with Gasteiger partial charge in [0.1, 0.15) is 17.6 Å². The fraction of sp³-hybridized carbons (Fsp3) is 0.0909. The zero-order chi connectivity index (χ0) is 10.8. The molecule has 0 aliphatic rings. The van der Waals surface area contributed by atoms with Crippen molar-refractivity contribution in [1.82, 2.24) is 4.98 Å². The van der Waals surface area contributed by atoms with E-state index in [1.165, 1.54) is 0 Å². The first-order chi connectivity index (χ1) is 7.24. The van der Waals surface area contributed by atoms with Crippen LogP contribution in [0.15, 0.2) is 24.4 Å².